The van der Waals surface area contributed by atoms with Crippen molar-refractivity contribution in [3.63, 3.8) is 0 Å². The maximum Gasteiger partial charge on any atom is 0.157 e. The van der Waals surface area contributed by atoms with Gasteiger partial charge in [-0.1, -0.05) is 12.1 Å². The lowest BCUT2D eigenvalue weighted by Crippen LogP contribution is -2.34. The Balaban J connectivity index is 1.60. The summed E-state index contributed by atoms with van der Waals surface area (Å²) in [6.45, 7) is 2.64. The van der Waals surface area contributed by atoms with E-state index < -0.39 is 0 Å². The third kappa shape index (κ3) is 3.36. The number of hydrogen-bond acceptors (Lipinski definition) is 3. The third-order valence-electron chi connectivity index (χ3n) is 3.46. The Labute approximate surface area is 117 Å². The van der Waals surface area contributed by atoms with Gasteiger partial charge in [0.05, 0.1) is 18.9 Å². The molecule has 0 bridgehead atoms. The highest BCUT2D eigenvalue weighted by Crippen LogP contribution is 2.16. The molecule has 2 aromatic rings. The fraction of sp³-hybridized carbons (Fsp3) is 0.400. The highest BCUT2D eigenvalue weighted by molar-refractivity contribution is 5.18. The highest BCUT2D eigenvalue weighted by Gasteiger charge is 2.15. The Morgan fingerprint density at radius 3 is 2.75 bits per heavy atom. The average Bonchev–Trinajstić information content (AvgIpc) is 2.90. The van der Waals surface area contributed by atoms with Crippen LogP contribution in [0, 0.1) is 5.82 Å². The molecular formula is C15H18FN3O. The van der Waals surface area contributed by atoms with E-state index in [9.17, 15) is 4.39 Å². The van der Waals surface area contributed by atoms with E-state index in [0.717, 1.165) is 37.2 Å². The summed E-state index contributed by atoms with van der Waals surface area (Å²) in [5, 5.41) is 7.59. The molecule has 1 aromatic heterocycles. The van der Waals surface area contributed by atoms with Crippen molar-refractivity contribution >= 4 is 0 Å². The van der Waals surface area contributed by atoms with Crippen LogP contribution in [0.3, 0.4) is 0 Å². The van der Waals surface area contributed by atoms with Crippen LogP contribution in [-0.4, -0.2) is 29.0 Å². The number of rotatable bonds is 4. The fourth-order valence-electron chi connectivity index (χ4n) is 2.37. The second-order valence-electron chi connectivity index (χ2n) is 5.07. The van der Waals surface area contributed by atoms with Gasteiger partial charge in [0.1, 0.15) is 11.9 Å². The standard InChI is InChI=1S/C15H18FN3O/c16-13-3-1-12(2-4-13)10-19-11-15(9-18-19)20-14-5-7-17-8-6-14/h1-4,9,11,14,17H,5-8,10H2. The van der Waals surface area contributed by atoms with Crippen molar-refractivity contribution in [2.45, 2.75) is 25.5 Å². The maximum atomic E-state index is 12.8. The van der Waals surface area contributed by atoms with E-state index in [4.69, 9.17) is 4.74 Å². The molecule has 0 saturated carbocycles. The molecule has 1 aromatic carbocycles. The number of hydrogen-bond donors (Lipinski definition) is 1. The second kappa shape index (κ2) is 6.05. The Bertz CT molecular complexity index is 547. The molecule has 5 heteroatoms. The van der Waals surface area contributed by atoms with Gasteiger partial charge in [-0.15, -0.1) is 0 Å². The first-order valence-electron chi connectivity index (χ1n) is 6.94. The van der Waals surface area contributed by atoms with Gasteiger partial charge in [-0.2, -0.15) is 5.10 Å². The normalized spacial score (nSPS) is 16.2. The maximum absolute atomic E-state index is 12.8. The number of aromatic nitrogens is 2. The molecule has 4 nitrogen and oxygen atoms in total. The molecule has 0 spiro atoms. The molecule has 0 aliphatic carbocycles. The Kier molecular flexibility index (Phi) is 3.97. The van der Waals surface area contributed by atoms with Gasteiger partial charge >= 0.3 is 0 Å². The fourth-order valence-corrected chi connectivity index (χ4v) is 2.37. The number of benzene rings is 1. The molecule has 0 radical (unpaired) electrons. The SMILES string of the molecule is Fc1ccc(Cn2cc(OC3CCNCC3)cn2)cc1. The van der Waals surface area contributed by atoms with Crippen molar-refractivity contribution in [1.82, 2.24) is 15.1 Å². The summed E-state index contributed by atoms with van der Waals surface area (Å²) in [6.07, 6.45) is 5.98. The minimum Gasteiger partial charge on any atom is -0.487 e. The van der Waals surface area contributed by atoms with Gasteiger partial charge in [-0.3, -0.25) is 4.68 Å². The van der Waals surface area contributed by atoms with E-state index in [1.165, 1.54) is 12.1 Å². The molecular weight excluding hydrogens is 257 g/mol. The number of halogens is 1. The van der Waals surface area contributed by atoms with Gasteiger partial charge in [0.25, 0.3) is 0 Å². The first-order valence-corrected chi connectivity index (χ1v) is 6.94. The predicted octanol–water partition coefficient (Wildman–Crippen LogP) is 2.20. The van der Waals surface area contributed by atoms with Crippen molar-refractivity contribution in [3.05, 3.63) is 48.0 Å². The zero-order valence-corrected chi connectivity index (χ0v) is 11.3. The first kappa shape index (κ1) is 13.1. The molecule has 1 aliphatic rings. The highest BCUT2D eigenvalue weighted by atomic mass is 19.1. The molecule has 1 aliphatic heterocycles. The molecule has 2 heterocycles. The van der Waals surface area contributed by atoms with Gasteiger partial charge < -0.3 is 10.1 Å². The number of ether oxygens (including phenoxy) is 1. The van der Waals surface area contributed by atoms with E-state index in [1.807, 2.05) is 10.9 Å². The molecule has 1 fully saturated rings. The van der Waals surface area contributed by atoms with E-state index in [0.29, 0.717) is 6.54 Å². The van der Waals surface area contributed by atoms with Crippen molar-refractivity contribution in [1.29, 1.82) is 0 Å². The lowest BCUT2D eigenvalue weighted by molar-refractivity contribution is 0.162. The molecule has 0 atom stereocenters. The summed E-state index contributed by atoms with van der Waals surface area (Å²) < 4.78 is 20.6. The molecule has 1 saturated heterocycles. The summed E-state index contributed by atoms with van der Waals surface area (Å²) in [6, 6.07) is 6.46. The van der Waals surface area contributed by atoms with Crippen LogP contribution in [0.1, 0.15) is 18.4 Å². The predicted molar refractivity (Wildman–Crippen MR) is 74.2 cm³/mol. The lowest BCUT2D eigenvalue weighted by atomic mass is 10.1. The number of nitrogens with one attached hydrogen (secondary N) is 1. The van der Waals surface area contributed by atoms with Crippen molar-refractivity contribution < 1.29 is 9.13 Å². The van der Waals surface area contributed by atoms with Crippen LogP contribution >= 0.6 is 0 Å². The van der Waals surface area contributed by atoms with Crippen LogP contribution in [0.15, 0.2) is 36.7 Å². The van der Waals surface area contributed by atoms with Crippen LogP contribution in [0.2, 0.25) is 0 Å². The first-order chi connectivity index (χ1) is 9.79. The van der Waals surface area contributed by atoms with Crippen LogP contribution in [0.4, 0.5) is 4.39 Å². The third-order valence-corrected chi connectivity index (χ3v) is 3.46. The quantitative estimate of drug-likeness (QED) is 0.929. The zero-order chi connectivity index (χ0) is 13.8. The zero-order valence-electron chi connectivity index (χ0n) is 11.3. The smallest absolute Gasteiger partial charge is 0.157 e. The summed E-state index contributed by atoms with van der Waals surface area (Å²) in [4.78, 5) is 0. The minimum atomic E-state index is -0.218. The van der Waals surface area contributed by atoms with Gasteiger partial charge in [-0.25, -0.2) is 4.39 Å². The second-order valence-corrected chi connectivity index (χ2v) is 5.07. The van der Waals surface area contributed by atoms with Gasteiger partial charge in [0, 0.05) is 0 Å². The van der Waals surface area contributed by atoms with Crippen LogP contribution in [0.5, 0.6) is 5.75 Å². The van der Waals surface area contributed by atoms with Gasteiger partial charge in [0.15, 0.2) is 5.75 Å². The van der Waals surface area contributed by atoms with E-state index in [1.54, 1.807) is 18.3 Å². The Morgan fingerprint density at radius 1 is 1.25 bits per heavy atom. The van der Waals surface area contributed by atoms with Crippen molar-refractivity contribution in [2.24, 2.45) is 0 Å². The summed E-state index contributed by atoms with van der Waals surface area (Å²) in [7, 11) is 0. The summed E-state index contributed by atoms with van der Waals surface area (Å²) in [5.41, 5.74) is 1.02. The molecule has 106 valence electrons. The molecule has 1 N–H and O–H groups in total. The van der Waals surface area contributed by atoms with Crippen LogP contribution < -0.4 is 10.1 Å². The molecule has 3 rings (SSSR count). The molecule has 0 unspecified atom stereocenters. The lowest BCUT2D eigenvalue weighted by Gasteiger charge is -2.22. The Hall–Kier alpha value is -1.88. The van der Waals surface area contributed by atoms with Crippen LogP contribution in [-0.2, 0) is 6.54 Å². The van der Waals surface area contributed by atoms with E-state index in [-0.39, 0.29) is 11.9 Å². The van der Waals surface area contributed by atoms with E-state index >= 15 is 0 Å². The van der Waals surface area contributed by atoms with Crippen molar-refractivity contribution in [3.8, 4) is 5.75 Å². The Morgan fingerprint density at radius 2 is 2.00 bits per heavy atom. The summed E-state index contributed by atoms with van der Waals surface area (Å²) in [5.74, 6) is 0.586. The van der Waals surface area contributed by atoms with Gasteiger partial charge in [-0.05, 0) is 43.6 Å². The van der Waals surface area contributed by atoms with Crippen molar-refractivity contribution in [2.75, 3.05) is 13.1 Å². The topological polar surface area (TPSA) is 39.1 Å². The number of piperidine rings is 1. The minimum absolute atomic E-state index is 0.218. The largest absolute Gasteiger partial charge is 0.487 e. The monoisotopic (exact) mass is 275 g/mol. The molecule has 0 amide bonds. The molecule has 20 heavy (non-hydrogen) atoms. The summed E-state index contributed by atoms with van der Waals surface area (Å²) >= 11 is 0. The van der Waals surface area contributed by atoms with Crippen LogP contribution in [0.25, 0.3) is 0 Å². The van der Waals surface area contributed by atoms with E-state index in [2.05, 4.69) is 10.4 Å². The number of nitrogens with zero attached hydrogens (tertiary/aromatic N) is 2. The average molecular weight is 275 g/mol. The van der Waals surface area contributed by atoms with Gasteiger partial charge in [0.2, 0.25) is 0 Å².